The maximum Gasteiger partial charge on any atom is 0.326 e. The minimum atomic E-state index is -3.24. The number of rotatable bonds is 7. The van der Waals surface area contributed by atoms with E-state index in [1.54, 1.807) is 6.92 Å². The molecule has 0 aliphatic carbocycles. The molecule has 0 aromatic heterocycles. The smallest absolute Gasteiger partial charge is 0.326 e. The van der Waals surface area contributed by atoms with Crippen LogP contribution in [0.5, 0.6) is 0 Å². The molecule has 1 amide bonds. The molecule has 0 unspecified atom stereocenters. The van der Waals surface area contributed by atoms with Crippen LogP contribution in [0.25, 0.3) is 0 Å². The molecule has 0 saturated carbocycles. The van der Waals surface area contributed by atoms with Crippen LogP contribution < -0.4 is 5.32 Å². The minimum Gasteiger partial charge on any atom is -0.480 e. The van der Waals surface area contributed by atoms with E-state index in [9.17, 15) is 18.0 Å². The van der Waals surface area contributed by atoms with Crippen LogP contribution in [0.3, 0.4) is 0 Å². The van der Waals surface area contributed by atoms with Crippen molar-refractivity contribution in [3.05, 3.63) is 0 Å². The highest BCUT2D eigenvalue weighted by atomic mass is 32.2. The zero-order valence-electron chi connectivity index (χ0n) is 12.0. The van der Waals surface area contributed by atoms with Gasteiger partial charge in [0.1, 0.15) is 6.04 Å². The molecule has 9 heteroatoms. The molecule has 1 aliphatic rings. The van der Waals surface area contributed by atoms with Gasteiger partial charge in [-0.2, -0.15) is 0 Å². The van der Waals surface area contributed by atoms with Crippen molar-refractivity contribution < 1.29 is 28.2 Å². The standard InChI is InChI=1S/C12H22N2O6S/c1-2-21(19,20)14-6-3-9(4-7-14)11(16)13-10(5-8-15)12(17)18/h9-10,15H,2-8H2,1H3,(H,13,16)(H,17,18)/t10-/m0/s1. The third-order valence-electron chi connectivity index (χ3n) is 3.62. The fourth-order valence-corrected chi connectivity index (χ4v) is 3.39. The molecular formula is C12H22N2O6S. The number of carbonyl (C=O) groups excluding carboxylic acids is 1. The van der Waals surface area contributed by atoms with Crippen molar-refractivity contribution in [1.29, 1.82) is 0 Å². The van der Waals surface area contributed by atoms with Gasteiger partial charge in [-0.05, 0) is 19.8 Å². The van der Waals surface area contributed by atoms with Crippen molar-refractivity contribution in [1.82, 2.24) is 9.62 Å². The van der Waals surface area contributed by atoms with Gasteiger partial charge in [0.15, 0.2) is 0 Å². The molecule has 1 rings (SSSR count). The molecule has 8 nitrogen and oxygen atoms in total. The zero-order chi connectivity index (χ0) is 16.0. The molecule has 1 saturated heterocycles. The van der Waals surface area contributed by atoms with Crippen LogP contribution in [-0.4, -0.2) is 66.3 Å². The average Bonchev–Trinajstić information content (AvgIpc) is 2.46. The zero-order valence-corrected chi connectivity index (χ0v) is 12.8. The molecular weight excluding hydrogens is 300 g/mol. The van der Waals surface area contributed by atoms with Gasteiger partial charge in [-0.1, -0.05) is 0 Å². The highest BCUT2D eigenvalue weighted by Gasteiger charge is 2.31. The van der Waals surface area contributed by atoms with E-state index in [1.807, 2.05) is 0 Å². The minimum absolute atomic E-state index is 0.0292. The molecule has 1 aliphatic heterocycles. The Morgan fingerprint density at radius 1 is 1.33 bits per heavy atom. The number of aliphatic hydroxyl groups excluding tert-OH is 1. The molecule has 3 N–H and O–H groups in total. The predicted molar refractivity (Wildman–Crippen MR) is 75.0 cm³/mol. The number of hydrogen-bond donors (Lipinski definition) is 3. The lowest BCUT2D eigenvalue weighted by molar-refractivity contribution is -0.143. The summed E-state index contributed by atoms with van der Waals surface area (Å²) in [5.41, 5.74) is 0. The summed E-state index contributed by atoms with van der Waals surface area (Å²) in [5.74, 6) is -1.96. The lowest BCUT2D eigenvalue weighted by Gasteiger charge is -2.30. The Hall–Kier alpha value is -1.19. The van der Waals surface area contributed by atoms with E-state index in [-0.39, 0.29) is 31.9 Å². The third kappa shape index (κ3) is 4.94. The predicted octanol–water partition coefficient (Wildman–Crippen LogP) is -1.00. The molecule has 1 atom stereocenters. The van der Waals surface area contributed by atoms with E-state index in [0.29, 0.717) is 12.8 Å². The maximum absolute atomic E-state index is 12.0. The van der Waals surface area contributed by atoms with Crippen molar-refractivity contribution >= 4 is 21.9 Å². The highest BCUT2D eigenvalue weighted by molar-refractivity contribution is 7.89. The topological polar surface area (TPSA) is 124 Å². The summed E-state index contributed by atoms with van der Waals surface area (Å²) in [6, 6.07) is -1.11. The molecule has 21 heavy (non-hydrogen) atoms. The van der Waals surface area contributed by atoms with Crippen LogP contribution in [-0.2, 0) is 19.6 Å². The van der Waals surface area contributed by atoms with E-state index in [1.165, 1.54) is 4.31 Å². The van der Waals surface area contributed by atoms with Gasteiger partial charge < -0.3 is 15.5 Å². The van der Waals surface area contributed by atoms with Crippen molar-refractivity contribution in [2.24, 2.45) is 5.92 Å². The first-order valence-corrected chi connectivity index (χ1v) is 8.54. The first kappa shape index (κ1) is 17.9. The van der Waals surface area contributed by atoms with Crippen LogP contribution in [0.2, 0.25) is 0 Å². The molecule has 1 heterocycles. The first-order valence-electron chi connectivity index (χ1n) is 6.93. The number of sulfonamides is 1. The maximum atomic E-state index is 12.0. The van der Waals surface area contributed by atoms with Gasteiger partial charge >= 0.3 is 5.97 Å². The summed E-state index contributed by atoms with van der Waals surface area (Å²) in [6.07, 6.45) is 0.692. The van der Waals surface area contributed by atoms with Gasteiger partial charge in [0.25, 0.3) is 0 Å². The second kappa shape index (κ2) is 7.71. The summed E-state index contributed by atoms with van der Waals surface area (Å²) < 4.78 is 24.8. The number of piperidine rings is 1. The summed E-state index contributed by atoms with van der Waals surface area (Å²) in [4.78, 5) is 22.9. The van der Waals surface area contributed by atoms with Crippen LogP contribution >= 0.6 is 0 Å². The second-order valence-corrected chi connectivity index (χ2v) is 7.24. The lowest BCUT2D eigenvalue weighted by atomic mass is 9.96. The third-order valence-corrected chi connectivity index (χ3v) is 5.50. The monoisotopic (exact) mass is 322 g/mol. The molecule has 1 fully saturated rings. The second-order valence-electron chi connectivity index (χ2n) is 4.99. The van der Waals surface area contributed by atoms with Crippen LogP contribution in [0.1, 0.15) is 26.2 Å². The molecule has 0 aromatic rings. The number of amides is 1. The number of carboxylic acid groups (broad SMARTS) is 1. The van der Waals surface area contributed by atoms with Gasteiger partial charge in [-0.25, -0.2) is 17.5 Å². The molecule has 0 aromatic carbocycles. The van der Waals surface area contributed by atoms with Gasteiger partial charge in [0.2, 0.25) is 15.9 Å². The number of carboxylic acids is 1. The molecule has 0 bridgehead atoms. The van der Waals surface area contributed by atoms with E-state index in [0.717, 1.165) is 0 Å². The summed E-state index contributed by atoms with van der Waals surface area (Å²) in [6.45, 7) is 1.78. The number of aliphatic hydroxyl groups is 1. The SMILES string of the molecule is CCS(=O)(=O)N1CCC(C(=O)N[C@@H](CCO)C(=O)O)CC1. The van der Waals surface area contributed by atoms with E-state index < -0.39 is 33.9 Å². The summed E-state index contributed by atoms with van der Waals surface area (Å²) in [5, 5.41) is 20.1. The Morgan fingerprint density at radius 3 is 2.33 bits per heavy atom. The highest BCUT2D eigenvalue weighted by Crippen LogP contribution is 2.20. The largest absolute Gasteiger partial charge is 0.480 e. The Balaban J connectivity index is 2.54. The summed E-state index contributed by atoms with van der Waals surface area (Å²) in [7, 11) is -3.24. The number of hydrogen-bond acceptors (Lipinski definition) is 5. The van der Waals surface area contributed by atoms with Crippen molar-refractivity contribution in [2.45, 2.75) is 32.2 Å². The average molecular weight is 322 g/mol. The van der Waals surface area contributed by atoms with Gasteiger partial charge in [-0.15, -0.1) is 0 Å². The van der Waals surface area contributed by atoms with Crippen molar-refractivity contribution in [2.75, 3.05) is 25.4 Å². The van der Waals surface area contributed by atoms with Crippen molar-refractivity contribution in [3.63, 3.8) is 0 Å². The first-order chi connectivity index (χ1) is 9.81. The van der Waals surface area contributed by atoms with E-state index >= 15 is 0 Å². The van der Waals surface area contributed by atoms with Gasteiger partial charge in [-0.3, -0.25) is 4.79 Å². The number of carbonyl (C=O) groups is 2. The van der Waals surface area contributed by atoms with Gasteiger partial charge in [0.05, 0.1) is 5.75 Å². The quantitative estimate of drug-likeness (QED) is 0.552. The Bertz CT molecular complexity index is 470. The fourth-order valence-electron chi connectivity index (χ4n) is 2.25. The Morgan fingerprint density at radius 2 is 1.90 bits per heavy atom. The van der Waals surface area contributed by atoms with E-state index in [2.05, 4.69) is 5.32 Å². The number of nitrogens with zero attached hydrogens (tertiary/aromatic N) is 1. The fraction of sp³-hybridized carbons (Fsp3) is 0.833. The number of aliphatic carboxylic acids is 1. The Kier molecular flexibility index (Phi) is 6.56. The van der Waals surface area contributed by atoms with Crippen LogP contribution in [0.15, 0.2) is 0 Å². The molecule has 0 spiro atoms. The Labute approximate surface area is 124 Å². The summed E-state index contributed by atoms with van der Waals surface area (Å²) >= 11 is 0. The lowest BCUT2D eigenvalue weighted by Crippen LogP contribution is -2.48. The molecule has 0 radical (unpaired) electrons. The van der Waals surface area contributed by atoms with Crippen LogP contribution in [0, 0.1) is 5.92 Å². The van der Waals surface area contributed by atoms with E-state index in [4.69, 9.17) is 10.2 Å². The molecule has 122 valence electrons. The van der Waals surface area contributed by atoms with Crippen molar-refractivity contribution in [3.8, 4) is 0 Å². The normalized spacial score (nSPS) is 19.1. The number of nitrogens with one attached hydrogen (secondary N) is 1. The van der Waals surface area contributed by atoms with Gasteiger partial charge in [0, 0.05) is 32.0 Å². The van der Waals surface area contributed by atoms with Crippen LogP contribution in [0.4, 0.5) is 0 Å².